The molecule has 18 heavy (non-hydrogen) atoms. The lowest BCUT2D eigenvalue weighted by atomic mass is 10.1. The lowest BCUT2D eigenvalue weighted by Crippen LogP contribution is -2.12. The van der Waals surface area contributed by atoms with E-state index in [-0.39, 0.29) is 0 Å². The molecule has 0 aliphatic heterocycles. The number of nitrogens with one attached hydrogen (secondary N) is 1. The molecule has 2 rings (SSSR count). The molecule has 0 aromatic carbocycles. The summed E-state index contributed by atoms with van der Waals surface area (Å²) in [7, 11) is 0. The third-order valence-electron chi connectivity index (χ3n) is 3.38. The maximum atomic E-state index is 5.83. The predicted octanol–water partition coefficient (Wildman–Crippen LogP) is 3.05. The number of rotatable bonds is 6. The van der Waals surface area contributed by atoms with Crippen LogP contribution in [0.1, 0.15) is 39.0 Å². The molecular weight excluding hydrogens is 226 g/mol. The van der Waals surface area contributed by atoms with Crippen molar-refractivity contribution in [2.24, 2.45) is 5.92 Å². The summed E-state index contributed by atoms with van der Waals surface area (Å²) in [5.74, 6) is 2.21. The molecular formula is C14H23N3O. The molecule has 4 heteroatoms. The van der Waals surface area contributed by atoms with Gasteiger partial charge in [-0.3, -0.25) is 0 Å². The van der Waals surface area contributed by atoms with Gasteiger partial charge in [0.25, 0.3) is 0 Å². The van der Waals surface area contributed by atoms with E-state index in [1.54, 1.807) is 0 Å². The highest BCUT2D eigenvalue weighted by molar-refractivity contribution is 5.53. The SMILES string of the molecule is CCCOc1nc(NCC2CCCC2)ccc1N. The van der Waals surface area contributed by atoms with Crippen LogP contribution in [-0.2, 0) is 0 Å². The van der Waals surface area contributed by atoms with Gasteiger partial charge in [0.05, 0.1) is 12.3 Å². The van der Waals surface area contributed by atoms with Crippen LogP contribution >= 0.6 is 0 Å². The first kappa shape index (κ1) is 13.0. The molecule has 1 aromatic heterocycles. The largest absolute Gasteiger partial charge is 0.476 e. The number of pyridine rings is 1. The van der Waals surface area contributed by atoms with Crippen molar-refractivity contribution in [2.75, 3.05) is 24.2 Å². The van der Waals surface area contributed by atoms with Crippen molar-refractivity contribution in [1.29, 1.82) is 0 Å². The van der Waals surface area contributed by atoms with E-state index in [4.69, 9.17) is 10.5 Å². The van der Waals surface area contributed by atoms with Crippen LogP contribution < -0.4 is 15.8 Å². The third-order valence-corrected chi connectivity index (χ3v) is 3.38. The average molecular weight is 249 g/mol. The molecule has 0 amide bonds. The lowest BCUT2D eigenvalue weighted by molar-refractivity contribution is 0.307. The van der Waals surface area contributed by atoms with Crippen LogP contribution in [0.15, 0.2) is 12.1 Å². The Bertz CT molecular complexity index is 375. The zero-order valence-electron chi connectivity index (χ0n) is 11.1. The van der Waals surface area contributed by atoms with E-state index in [0.29, 0.717) is 18.2 Å². The molecule has 0 atom stereocenters. The third kappa shape index (κ3) is 3.52. The molecule has 1 heterocycles. The Morgan fingerprint density at radius 2 is 2.17 bits per heavy atom. The van der Waals surface area contributed by atoms with Crippen molar-refractivity contribution in [3.8, 4) is 5.88 Å². The predicted molar refractivity (Wildman–Crippen MR) is 74.9 cm³/mol. The summed E-state index contributed by atoms with van der Waals surface area (Å²) in [6, 6.07) is 3.78. The number of hydrogen-bond donors (Lipinski definition) is 2. The van der Waals surface area contributed by atoms with Gasteiger partial charge in [-0.25, -0.2) is 0 Å². The summed E-state index contributed by atoms with van der Waals surface area (Å²) in [5.41, 5.74) is 6.44. The molecule has 0 radical (unpaired) electrons. The van der Waals surface area contributed by atoms with Gasteiger partial charge >= 0.3 is 0 Å². The number of nitrogen functional groups attached to an aromatic ring is 1. The number of nitrogens with two attached hydrogens (primary N) is 1. The minimum atomic E-state index is 0.549. The first-order valence-electron chi connectivity index (χ1n) is 6.92. The van der Waals surface area contributed by atoms with E-state index in [0.717, 1.165) is 24.7 Å². The molecule has 4 nitrogen and oxygen atoms in total. The Balaban J connectivity index is 1.91. The van der Waals surface area contributed by atoms with Crippen molar-refractivity contribution in [1.82, 2.24) is 4.98 Å². The van der Waals surface area contributed by atoms with Crippen LogP contribution in [0.3, 0.4) is 0 Å². The van der Waals surface area contributed by atoms with Crippen LogP contribution in [-0.4, -0.2) is 18.1 Å². The zero-order valence-corrected chi connectivity index (χ0v) is 11.1. The Labute approximate surface area is 109 Å². The number of aromatic nitrogens is 1. The van der Waals surface area contributed by atoms with E-state index < -0.39 is 0 Å². The number of anilines is 2. The molecule has 1 aliphatic rings. The van der Waals surface area contributed by atoms with Crippen molar-refractivity contribution < 1.29 is 4.74 Å². The highest BCUT2D eigenvalue weighted by atomic mass is 16.5. The van der Waals surface area contributed by atoms with Crippen LogP contribution in [0, 0.1) is 5.92 Å². The second-order valence-electron chi connectivity index (χ2n) is 4.97. The average Bonchev–Trinajstić information content (AvgIpc) is 2.89. The molecule has 1 saturated carbocycles. The molecule has 1 fully saturated rings. The van der Waals surface area contributed by atoms with Crippen LogP contribution in [0.2, 0.25) is 0 Å². The van der Waals surface area contributed by atoms with Gasteiger partial charge < -0.3 is 15.8 Å². The number of hydrogen-bond acceptors (Lipinski definition) is 4. The van der Waals surface area contributed by atoms with E-state index >= 15 is 0 Å². The van der Waals surface area contributed by atoms with Gasteiger partial charge in [0, 0.05) is 6.54 Å². The van der Waals surface area contributed by atoms with Crippen molar-refractivity contribution in [2.45, 2.75) is 39.0 Å². The molecule has 1 aliphatic carbocycles. The monoisotopic (exact) mass is 249 g/mol. The summed E-state index contributed by atoms with van der Waals surface area (Å²) >= 11 is 0. The second kappa shape index (κ2) is 6.47. The maximum Gasteiger partial charge on any atom is 0.239 e. The molecule has 3 N–H and O–H groups in total. The van der Waals surface area contributed by atoms with E-state index in [2.05, 4.69) is 17.2 Å². The van der Waals surface area contributed by atoms with Gasteiger partial charge in [-0.05, 0) is 37.3 Å². The van der Waals surface area contributed by atoms with Crippen LogP contribution in [0.25, 0.3) is 0 Å². The first-order chi connectivity index (χ1) is 8.79. The maximum absolute atomic E-state index is 5.83. The van der Waals surface area contributed by atoms with Gasteiger partial charge in [0.1, 0.15) is 5.82 Å². The zero-order chi connectivity index (χ0) is 12.8. The molecule has 0 spiro atoms. The van der Waals surface area contributed by atoms with Gasteiger partial charge in [0.2, 0.25) is 5.88 Å². The highest BCUT2D eigenvalue weighted by Crippen LogP contribution is 2.26. The smallest absolute Gasteiger partial charge is 0.239 e. The Kier molecular flexibility index (Phi) is 4.67. The van der Waals surface area contributed by atoms with Crippen molar-refractivity contribution >= 4 is 11.5 Å². The molecule has 1 aromatic rings. The van der Waals surface area contributed by atoms with Gasteiger partial charge in [-0.1, -0.05) is 19.8 Å². The fourth-order valence-electron chi connectivity index (χ4n) is 2.33. The summed E-state index contributed by atoms with van der Waals surface area (Å²) in [6.45, 7) is 3.73. The number of ether oxygens (including phenoxy) is 1. The Morgan fingerprint density at radius 1 is 1.39 bits per heavy atom. The van der Waals surface area contributed by atoms with Crippen LogP contribution in [0.5, 0.6) is 5.88 Å². The van der Waals surface area contributed by atoms with Gasteiger partial charge in [0.15, 0.2) is 0 Å². The summed E-state index contributed by atoms with van der Waals surface area (Å²) in [4.78, 5) is 4.41. The fraction of sp³-hybridized carbons (Fsp3) is 0.643. The van der Waals surface area contributed by atoms with Crippen LogP contribution in [0.4, 0.5) is 11.5 Å². The minimum absolute atomic E-state index is 0.549. The summed E-state index contributed by atoms with van der Waals surface area (Å²) < 4.78 is 5.52. The molecule has 0 saturated heterocycles. The molecule has 100 valence electrons. The van der Waals surface area contributed by atoms with Crippen molar-refractivity contribution in [3.05, 3.63) is 12.1 Å². The quantitative estimate of drug-likeness (QED) is 0.813. The van der Waals surface area contributed by atoms with Crippen molar-refractivity contribution in [3.63, 3.8) is 0 Å². The standard InChI is InChI=1S/C14H23N3O/c1-2-9-18-14-12(15)7-8-13(17-14)16-10-11-5-3-4-6-11/h7-8,11H,2-6,9-10,15H2,1H3,(H,16,17). The molecule has 0 bridgehead atoms. The lowest BCUT2D eigenvalue weighted by Gasteiger charge is -2.13. The second-order valence-corrected chi connectivity index (χ2v) is 4.97. The topological polar surface area (TPSA) is 60.2 Å². The highest BCUT2D eigenvalue weighted by Gasteiger charge is 2.14. The summed E-state index contributed by atoms with van der Waals surface area (Å²) in [6.07, 6.45) is 6.36. The Hall–Kier alpha value is -1.45. The van der Waals surface area contributed by atoms with Gasteiger partial charge in [-0.2, -0.15) is 4.98 Å². The number of nitrogens with zero attached hydrogens (tertiary/aromatic N) is 1. The fourth-order valence-corrected chi connectivity index (χ4v) is 2.33. The van der Waals surface area contributed by atoms with Gasteiger partial charge in [-0.15, -0.1) is 0 Å². The van der Waals surface area contributed by atoms with E-state index in [1.807, 2.05) is 12.1 Å². The molecule has 0 unspecified atom stereocenters. The normalized spacial score (nSPS) is 15.8. The first-order valence-corrected chi connectivity index (χ1v) is 6.92. The summed E-state index contributed by atoms with van der Waals surface area (Å²) in [5, 5.41) is 3.38. The van der Waals surface area contributed by atoms with E-state index in [9.17, 15) is 0 Å². The minimum Gasteiger partial charge on any atom is -0.476 e. The Morgan fingerprint density at radius 3 is 2.89 bits per heavy atom. The van der Waals surface area contributed by atoms with E-state index in [1.165, 1.54) is 25.7 Å².